The van der Waals surface area contributed by atoms with Crippen molar-refractivity contribution in [3.8, 4) is 23.8 Å². The van der Waals surface area contributed by atoms with Gasteiger partial charge in [0.1, 0.15) is 12.4 Å². The third-order valence-electron chi connectivity index (χ3n) is 3.50. The predicted octanol–water partition coefficient (Wildman–Crippen LogP) is 3.74. The van der Waals surface area contributed by atoms with Crippen LogP contribution in [0.3, 0.4) is 0 Å². The van der Waals surface area contributed by atoms with Gasteiger partial charge < -0.3 is 14.8 Å². The molecular formula is C20H15FN2O3S. The van der Waals surface area contributed by atoms with Crippen LogP contribution in [0.25, 0.3) is 6.08 Å². The van der Waals surface area contributed by atoms with Crippen molar-refractivity contribution in [1.82, 2.24) is 5.32 Å². The van der Waals surface area contributed by atoms with Crippen molar-refractivity contribution in [2.45, 2.75) is 0 Å². The Labute approximate surface area is 160 Å². The van der Waals surface area contributed by atoms with Gasteiger partial charge in [0, 0.05) is 0 Å². The van der Waals surface area contributed by atoms with Crippen molar-refractivity contribution in [3.63, 3.8) is 0 Å². The molecule has 3 rings (SSSR count). The molecule has 1 fully saturated rings. The SMILES string of the molecule is C#CCOc1ccc(/C=C2\SC(=Nc3ccc(F)cc3)NC2=O)cc1OC. The van der Waals surface area contributed by atoms with Crippen LogP contribution in [0, 0.1) is 18.2 Å². The van der Waals surface area contributed by atoms with E-state index in [9.17, 15) is 9.18 Å². The maximum Gasteiger partial charge on any atom is 0.264 e. The van der Waals surface area contributed by atoms with Crippen LogP contribution in [0.5, 0.6) is 11.5 Å². The molecule has 1 amide bonds. The van der Waals surface area contributed by atoms with E-state index in [0.717, 1.165) is 5.56 Å². The Balaban J connectivity index is 1.80. The van der Waals surface area contributed by atoms with E-state index in [4.69, 9.17) is 15.9 Å². The number of terminal acetylenes is 1. The number of amides is 1. The number of nitrogens with one attached hydrogen (secondary N) is 1. The van der Waals surface area contributed by atoms with E-state index < -0.39 is 0 Å². The van der Waals surface area contributed by atoms with Gasteiger partial charge in [0.2, 0.25) is 0 Å². The lowest BCUT2D eigenvalue weighted by atomic mass is 10.2. The molecule has 0 radical (unpaired) electrons. The molecule has 1 heterocycles. The fraction of sp³-hybridized carbons (Fsp3) is 0.100. The first-order valence-electron chi connectivity index (χ1n) is 7.88. The molecule has 2 aromatic carbocycles. The fourth-order valence-electron chi connectivity index (χ4n) is 2.28. The molecule has 5 nitrogen and oxygen atoms in total. The van der Waals surface area contributed by atoms with Crippen molar-refractivity contribution in [3.05, 3.63) is 58.8 Å². The average Bonchev–Trinajstić information content (AvgIpc) is 3.01. The maximum absolute atomic E-state index is 13.0. The van der Waals surface area contributed by atoms with Crippen molar-refractivity contribution in [2.75, 3.05) is 13.7 Å². The Morgan fingerprint density at radius 2 is 2.04 bits per heavy atom. The lowest BCUT2D eigenvalue weighted by Gasteiger charge is -2.09. The topological polar surface area (TPSA) is 59.9 Å². The van der Waals surface area contributed by atoms with Crippen molar-refractivity contribution < 1.29 is 18.7 Å². The smallest absolute Gasteiger partial charge is 0.264 e. The van der Waals surface area contributed by atoms with Crippen LogP contribution >= 0.6 is 11.8 Å². The standard InChI is InChI=1S/C20H15FN2O3S/c1-3-10-26-16-9-4-13(11-17(16)25-2)12-18-19(24)23-20(27-18)22-15-7-5-14(21)6-8-15/h1,4-9,11-12H,10H2,2H3,(H,22,23,24)/b18-12-. The van der Waals surface area contributed by atoms with Crippen LogP contribution < -0.4 is 14.8 Å². The Hall–Kier alpha value is -3.24. The zero-order valence-corrected chi connectivity index (χ0v) is 15.2. The summed E-state index contributed by atoms with van der Waals surface area (Å²) in [4.78, 5) is 17.0. The number of carbonyl (C=O) groups is 1. The van der Waals surface area contributed by atoms with Crippen molar-refractivity contribution in [2.24, 2.45) is 4.99 Å². The van der Waals surface area contributed by atoms with Gasteiger partial charge in [-0.05, 0) is 59.8 Å². The minimum atomic E-state index is -0.341. The van der Waals surface area contributed by atoms with Gasteiger partial charge in [0.25, 0.3) is 5.91 Å². The highest BCUT2D eigenvalue weighted by atomic mass is 32.2. The summed E-state index contributed by atoms with van der Waals surface area (Å²) in [6.07, 6.45) is 6.92. The molecule has 0 aromatic heterocycles. The second kappa shape index (κ2) is 8.43. The first-order chi connectivity index (χ1) is 13.1. The lowest BCUT2D eigenvalue weighted by Crippen LogP contribution is -2.19. The minimum Gasteiger partial charge on any atom is -0.493 e. The molecule has 0 atom stereocenters. The number of thioether (sulfide) groups is 1. The van der Waals surface area contributed by atoms with E-state index in [1.807, 2.05) is 0 Å². The van der Waals surface area contributed by atoms with E-state index in [-0.39, 0.29) is 18.3 Å². The van der Waals surface area contributed by atoms with Gasteiger partial charge in [0.05, 0.1) is 17.7 Å². The van der Waals surface area contributed by atoms with E-state index in [2.05, 4.69) is 16.2 Å². The van der Waals surface area contributed by atoms with E-state index in [1.165, 1.54) is 43.1 Å². The molecule has 0 saturated carbocycles. The van der Waals surface area contributed by atoms with Crippen LogP contribution in [0.1, 0.15) is 5.56 Å². The Kier molecular flexibility index (Phi) is 5.79. The molecule has 0 unspecified atom stereocenters. The number of carbonyl (C=O) groups excluding carboxylic acids is 1. The molecule has 2 aromatic rings. The molecule has 1 N–H and O–H groups in total. The molecule has 1 aliphatic heterocycles. The van der Waals surface area contributed by atoms with Crippen molar-refractivity contribution >= 4 is 34.6 Å². The maximum atomic E-state index is 13.0. The van der Waals surface area contributed by atoms with Crippen LogP contribution in [-0.4, -0.2) is 24.8 Å². The number of rotatable bonds is 5. The molecule has 136 valence electrons. The van der Waals surface area contributed by atoms with Crippen LogP contribution in [0.4, 0.5) is 10.1 Å². The highest BCUT2D eigenvalue weighted by Gasteiger charge is 2.24. The molecule has 0 spiro atoms. The van der Waals surface area contributed by atoms with E-state index >= 15 is 0 Å². The highest BCUT2D eigenvalue weighted by molar-refractivity contribution is 8.18. The average molecular weight is 382 g/mol. The molecule has 27 heavy (non-hydrogen) atoms. The number of methoxy groups -OCH3 is 1. The number of ether oxygens (including phenoxy) is 2. The highest BCUT2D eigenvalue weighted by Crippen LogP contribution is 2.32. The molecule has 0 bridgehead atoms. The number of amidine groups is 1. The summed E-state index contributed by atoms with van der Waals surface area (Å²) in [6, 6.07) is 11.0. The van der Waals surface area contributed by atoms with Crippen LogP contribution in [-0.2, 0) is 4.79 Å². The summed E-state index contributed by atoms with van der Waals surface area (Å²) in [7, 11) is 1.53. The number of halogens is 1. The molecule has 7 heteroatoms. The Morgan fingerprint density at radius 1 is 1.26 bits per heavy atom. The Morgan fingerprint density at radius 3 is 2.74 bits per heavy atom. The first-order valence-corrected chi connectivity index (χ1v) is 8.70. The van der Waals surface area contributed by atoms with Gasteiger partial charge in [-0.25, -0.2) is 9.38 Å². The van der Waals surface area contributed by atoms with E-state index in [1.54, 1.807) is 24.3 Å². The summed E-state index contributed by atoms with van der Waals surface area (Å²) in [5, 5.41) is 3.12. The van der Waals surface area contributed by atoms with Crippen LogP contribution in [0.15, 0.2) is 52.4 Å². The minimum absolute atomic E-state index is 0.137. The lowest BCUT2D eigenvalue weighted by molar-refractivity contribution is -0.115. The third kappa shape index (κ3) is 4.68. The summed E-state index contributed by atoms with van der Waals surface area (Å²) < 4.78 is 23.7. The Bertz CT molecular complexity index is 962. The van der Waals surface area contributed by atoms with Gasteiger partial charge in [-0.3, -0.25) is 4.79 Å². The summed E-state index contributed by atoms with van der Waals surface area (Å²) in [5.41, 5.74) is 1.32. The van der Waals surface area contributed by atoms with Crippen molar-refractivity contribution in [1.29, 1.82) is 0 Å². The van der Waals surface area contributed by atoms with Gasteiger partial charge >= 0.3 is 0 Å². The van der Waals surface area contributed by atoms with Gasteiger partial charge in [0.15, 0.2) is 16.7 Å². The zero-order valence-electron chi connectivity index (χ0n) is 14.4. The number of nitrogens with zero attached hydrogens (tertiary/aromatic N) is 1. The summed E-state index contributed by atoms with van der Waals surface area (Å²) >= 11 is 1.20. The number of hydrogen-bond acceptors (Lipinski definition) is 5. The summed E-state index contributed by atoms with van der Waals surface area (Å²) in [5.74, 6) is 2.84. The number of benzene rings is 2. The molecule has 1 aliphatic rings. The van der Waals surface area contributed by atoms with E-state index in [0.29, 0.717) is 27.3 Å². The predicted molar refractivity (Wildman–Crippen MR) is 105 cm³/mol. The largest absolute Gasteiger partial charge is 0.493 e. The normalized spacial score (nSPS) is 16.3. The van der Waals surface area contributed by atoms with Crippen LogP contribution in [0.2, 0.25) is 0 Å². The second-order valence-corrected chi connectivity index (χ2v) is 6.39. The number of aliphatic imine (C=N–C) groups is 1. The molecule has 0 aliphatic carbocycles. The quantitative estimate of drug-likeness (QED) is 0.632. The monoisotopic (exact) mass is 382 g/mol. The number of hydrogen-bond donors (Lipinski definition) is 1. The summed E-state index contributed by atoms with van der Waals surface area (Å²) in [6.45, 7) is 0.137. The van der Waals surface area contributed by atoms with Gasteiger partial charge in [-0.1, -0.05) is 12.0 Å². The zero-order chi connectivity index (χ0) is 19.2. The van der Waals surface area contributed by atoms with Gasteiger partial charge in [-0.15, -0.1) is 6.42 Å². The fourth-order valence-corrected chi connectivity index (χ4v) is 3.12. The first kappa shape index (κ1) is 18.5. The third-order valence-corrected chi connectivity index (χ3v) is 4.41. The second-order valence-electron chi connectivity index (χ2n) is 5.36. The molecule has 1 saturated heterocycles. The molecular weight excluding hydrogens is 367 g/mol. The van der Waals surface area contributed by atoms with Gasteiger partial charge in [-0.2, -0.15) is 0 Å².